The van der Waals surface area contributed by atoms with Gasteiger partial charge in [0, 0.05) is 5.56 Å². The maximum absolute atomic E-state index is 13.0. The molecule has 0 unspecified atom stereocenters. The van der Waals surface area contributed by atoms with Crippen LogP contribution in [0.2, 0.25) is 0 Å². The molecule has 0 saturated heterocycles. The van der Waals surface area contributed by atoms with Gasteiger partial charge in [-0.1, -0.05) is 12.1 Å². The number of hydrogen-bond acceptors (Lipinski definition) is 5. The van der Waals surface area contributed by atoms with Crippen LogP contribution in [0.4, 0.5) is 10.2 Å². The quantitative estimate of drug-likeness (QED) is 0.606. The van der Waals surface area contributed by atoms with E-state index in [1.807, 2.05) is 44.2 Å². The second kappa shape index (κ2) is 7.78. The number of halogens is 1. The summed E-state index contributed by atoms with van der Waals surface area (Å²) in [5.41, 5.74) is 11.2. The van der Waals surface area contributed by atoms with Crippen molar-refractivity contribution in [2.24, 2.45) is 0 Å². The van der Waals surface area contributed by atoms with E-state index in [4.69, 9.17) is 10.5 Å². The van der Waals surface area contributed by atoms with Crippen LogP contribution in [0.1, 0.15) is 34.9 Å². The number of anilines is 1. The molecule has 1 heterocycles. The third-order valence-corrected chi connectivity index (χ3v) is 5.22. The fraction of sp³-hybridized carbons (Fsp3) is 0.0800. The van der Waals surface area contributed by atoms with E-state index in [9.17, 15) is 14.9 Å². The van der Waals surface area contributed by atoms with E-state index in [2.05, 4.69) is 17.1 Å². The number of benzene rings is 2. The third-order valence-electron chi connectivity index (χ3n) is 5.22. The van der Waals surface area contributed by atoms with Crippen LogP contribution in [0.15, 0.2) is 54.1 Å². The highest BCUT2D eigenvalue weighted by atomic mass is 19.1. The molecule has 0 spiro atoms. The Bertz CT molecular complexity index is 1340. The first-order valence-corrected chi connectivity index (χ1v) is 9.50. The molecule has 3 aromatic rings. The molecule has 4 rings (SSSR count). The molecular weight excluding hydrogens is 391 g/mol. The number of nitrogen functional groups attached to an aromatic ring is 1. The lowest BCUT2D eigenvalue weighted by atomic mass is 9.95. The topological polar surface area (TPSA) is 95.7 Å². The van der Waals surface area contributed by atoms with Crippen LogP contribution in [-0.4, -0.2) is 4.98 Å². The number of nitrogens with two attached hydrogens (primary N) is 1. The Morgan fingerprint density at radius 1 is 0.968 bits per heavy atom. The first-order valence-electron chi connectivity index (χ1n) is 9.50. The van der Waals surface area contributed by atoms with Crippen molar-refractivity contribution in [1.82, 2.24) is 4.98 Å². The minimum Gasteiger partial charge on any atom is -0.457 e. The van der Waals surface area contributed by atoms with Crippen molar-refractivity contribution in [2.45, 2.75) is 13.8 Å². The minimum absolute atomic E-state index is 0.128. The van der Waals surface area contributed by atoms with Crippen LogP contribution < -0.4 is 10.5 Å². The molecule has 0 radical (unpaired) electrons. The van der Waals surface area contributed by atoms with Crippen LogP contribution >= 0.6 is 0 Å². The number of hydrogen-bond donors (Lipinski definition) is 1. The number of nitriles is 2. The molecule has 31 heavy (non-hydrogen) atoms. The molecule has 0 saturated carbocycles. The Hall–Kier alpha value is -4.42. The van der Waals surface area contributed by atoms with Gasteiger partial charge < -0.3 is 10.5 Å². The SMILES string of the molecule is CC1=C(C#N)c2nc(N)c(C#N)c(C)c2/C1=C\c1ccc(Oc2ccc(F)cc2)cc1. The molecule has 0 amide bonds. The van der Waals surface area contributed by atoms with Crippen molar-refractivity contribution in [1.29, 1.82) is 10.5 Å². The van der Waals surface area contributed by atoms with E-state index in [-0.39, 0.29) is 11.6 Å². The van der Waals surface area contributed by atoms with Crippen LogP contribution in [-0.2, 0) is 0 Å². The number of aromatic nitrogens is 1. The zero-order valence-electron chi connectivity index (χ0n) is 16.9. The maximum Gasteiger partial charge on any atom is 0.142 e. The van der Waals surface area contributed by atoms with E-state index < -0.39 is 0 Å². The summed E-state index contributed by atoms with van der Waals surface area (Å²) in [6.45, 7) is 3.68. The van der Waals surface area contributed by atoms with E-state index in [1.54, 1.807) is 12.1 Å². The van der Waals surface area contributed by atoms with Gasteiger partial charge in [-0.15, -0.1) is 0 Å². The van der Waals surface area contributed by atoms with Gasteiger partial charge in [-0.05, 0) is 78.6 Å². The standard InChI is InChI=1S/C25H17FN4O/c1-14-20(23-15(2)22(13-28)25(29)30-24(23)21(14)12-27)11-16-3-7-18(8-4-16)31-19-9-5-17(26)6-10-19/h3-11H,1-2H3,(H2,29,30)/b20-11-. The second-order valence-corrected chi connectivity index (χ2v) is 7.13. The van der Waals surface area contributed by atoms with Crippen LogP contribution in [0, 0.1) is 35.4 Å². The van der Waals surface area contributed by atoms with E-state index >= 15 is 0 Å². The van der Waals surface area contributed by atoms with Gasteiger partial charge in [0.2, 0.25) is 0 Å². The predicted octanol–water partition coefficient (Wildman–Crippen LogP) is 5.63. The predicted molar refractivity (Wildman–Crippen MR) is 117 cm³/mol. The van der Waals surface area contributed by atoms with Crippen molar-refractivity contribution in [3.8, 4) is 23.6 Å². The zero-order chi connectivity index (χ0) is 22.1. The van der Waals surface area contributed by atoms with Gasteiger partial charge in [0.05, 0.1) is 16.8 Å². The molecular formula is C25H17FN4O. The summed E-state index contributed by atoms with van der Waals surface area (Å²) in [6, 6.07) is 17.5. The van der Waals surface area contributed by atoms with E-state index in [0.29, 0.717) is 33.9 Å². The maximum atomic E-state index is 13.0. The molecule has 1 aliphatic rings. The summed E-state index contributed by atoms with van der Waals surface area (Å²) >= 11 is 0. The highest BCUT2D eigenvalue weighted by molar-refractivity contribution is 6.08. The van der Waals surface area contributed by atoms with Gasteiger partial charge >= 0.3 is 0 Å². The first kappa shape index (κ1) is 19.9. The molecule has 0 aliphatic heterocycles. The summed E-state index contributed by atoms with van der Waals surface area (Å²) in [7, 11) is 0. The fourth-order valence-corrected chi connectivity index (χ4v) is 3.63. The Balaban J connectivity index is 1.72. The third kappa shape index (κ3) is 3.52. The average molecular weight is 408 g/mol. The molecule has 1 aromatic heterocycles. The lowest BCUT2D eigenvalue weighted by Gasteiger charge is -2.11. The largest absolute Gasteiger partial charge is 0.457 e. The van der Waals surface area contributed by atoms with Crippen molar-refractivity contribution in [3.63, 3.8) is 0 Å². The highest BCUT2D eigenvalue weighted by Gasteiger charge is 2.29. The number of fused-ring (bicyclic) bond motifs is 1. The van der Waals surface area contributed by atoms with Crippen molar-refractivity contribution in [3.05, 3.63) is 87.9 Å². The Morgan fingerprint density at radius 2 is 1.58 bits per heavy atom. The number of pyridine rings is 1. The highest BCUT2D eigenvalue weighted by Crippen LogP contribution is 2.44. The summed E-state index contributed by atoms with van der Waals surface area (Å²) in [6.07, 6.45) is 1.95. The Morgan fingerprint density at radius 3 is 2.16 bits per heavy atom. The lowest BCUT2D eigenvalue weighted by molar-refractivity contribution is 0.480. The summed E-state index contributed by atoms with van der Waals surface area (Å²) in [4.78, 5) is 4.33. The summed E-state index contributed by atoms with van der Waals surface area (Å²) in [5.74, 6) is 0.959. The smallest absolute Gasteiger partial charge is 0.142 e. The van der Waals surface area contributed by atoms with E-state index in [0.717, 1.165) is 22.3 Å². The van der Waals surface area contributed by atoms with Gasteiger partial charge in [0.25, 0.3) is 0 Å². The van der Waals surface area contributed by atoms with Gasteiger partial charge in [-0.25, -0.2) is 9.37 Å². The van der Waals surface area contributed by atoms with Gasteiger partial charge in [-0.2, -0.15) is 10.5 Å². The van der Waals surface area contributed by atoms with Gasteiger partial charge in [-0.3, -0.25) is 0 Å². The van der Waals surface area contributed by atoms with Gasteiger partial charge in [0.1, 0.15) is 35.3 Å². The van der Waals surface area contributed by atoms with Gasteiger partial charge in [0.15, 0.2) is 0 Å². The molecule has 1 aliphatic carbocycles. The zero-order valence-corrected chi connectivity index (χ0v) is 16.9. The van der Waals surface area contributed by atoms with Crippen LogP contribution in [0.5, 0.6) is 11.5 Å². The molecule has 0 bridgehead atoms. The Labute approximate surface area is 179 Å². The van der Waals surface area contributed by atoms with Crippen molar-refractivity contribution in [2.75, 3.05) is 5.73 Å². The number of allylic oxidation sites excluding steroid dienone is 3. The first-order chi connectivity index (χ1) is 14.9. The number of ether oxygens (including phenoxy) is 1. The van der Waals surface area contributed by atoms with E-state index in [1.165, 1.54) is 12.1 Å². The van der Waals surface area contributed by atoms with Crippen LogP contribution in [0.3, 0.4) is 0 Å². The number of nitrogens with zero attached hydrogens (tertiary/aromatic N) is 3. The molecule has 6 heteroatoms. The number of rotatable bonds is 3. The molecule has 0 fully saturated rings. The minimum atomic E-state index is -0.322. The second-order valence-electron chi connectivity index (χ2n) is 7.13. The average Bonchev–Trinajstić information content (AvgIpc) is 3.02. The van der Waals surface area contributed by atoms with Crippen molar-refractivity contribution >= 4 is 23.0 Å². The van der Waals surface area contributed by atoms with Crippen LogP contribution in [0.25, 0.3) is 17.2 Å². The van der Waals surface area contributed by atoms with Crippen molar-refractivity contribution < 1.29 is 9.13 Å². The molecule has 150 valence electrons. The molecule has 2 N–H and O–H groups in total. The fourth-order valence-electron chi connectivity index (χ4n) is 3.63. The Kier molecular flexibility index (Phi) is 4.99. The molecule has 2 aromatic carbocycles. The monoisotopic (exact) mass is 408 g/mol. The summed E-state index contributed by atoms with van der Waals surface area (Å²) < 4.78 is 18.8. The normalized spacial score (nSPS) is 13.6. The molecule has 0 atom stereocenters. The molecule has 5 nitrogen and oxygen atoms in total. The lowest BCUT2D eigenvalue weighted by Crippen LogP contribution is -2.03. The summed E-state index contributed by atoms with van der Waals surface area (Å²) in [5, 5.41) is 19.1.